The molecule has 3 heteroatoms. The van der Waals surface area contributed by atoms with Gasteiger partial charge in [-0.2, -0.15) is 0 Å². The second kappa shape index (κ2) is 8.60. The van der Waals surface area contributed by atoms with Gasteiger partial charge in [0, 0.05) is 16.1 Å². The molecule has 1 atom stereocenters. The molecule has 0 saturated heterocycles. The Morgan fingerprint density at radius 2 is 2.00 bits per heavy atom. The summed E-state index contributed by atoms with van der Waals surface area (Å²) in [5.74, 6) is 1.17. The number of phenolic OH excluding ortho intramolecular Hbond substituents is 1. The number of hydrogen-bond acceptors (Lipinski definition) is 2. The van der Waals surface area contributed by atoms with Crippen molar-refractivity contribution in [3.8, 4) is 5.75 Å². The molecule has 2 nitrogen and oxygen atoms in total. The predicted octanol–water partition coefficient (Wildman–Crippen LogP) is 5.02. The summed E-state index contributed by atoms with van der Waals surface area (Å²) in [6.07, 6.45) is 4.74. The van der Waals surface area contributed by atoms with E-state index in [2.05, 4.69) is 42.0 Å². The molecule has 0 saturated carbocycles. The van der Waals surface area contributed by atoms with E-state index in [9.17, 15) is 5.11 Å². The first-order chi connectivity index (χ1) is 9.04. The number of unbranched alkanes of at least 4 members (excludes halogenated alkanes) is 1. The van der Waals surface area contributed by atoms with Crippen LogP contribution >= 0.6 is 15.9 Å². The van der Waals surface area contributed by atoms with Gasteiger partial charge in [-0.05, 0) is 43.5 Å². The summed E-state index contributed by atoms with van der Waals surface area (Å²) in [4.78, 5) is 0. The maximum Gasteiger partial charge on any atom is 0.120 e. The zero-order valence-corrected chi connectivity index (χ0v) is 13.8. The standard InChI is InChI=1S/C16H26BrNO/c1-4-15(18-10-6-5-7-12(2)3)14-11-13(17)8-9-16(14)19/h8-9,11-12,15,18-19H,4-7,10H2,1-3H3. The number of benzene rings is 1. The van der Waals surface area contributed by atoms with Gasteiger partial charge >= 0.3 is 0 Å². The van der Waals surface area contributed by atoms with E-state index >= 15 is 0 Å². The first-order valence-electron chi connectivity index (χ1n) is 7.26. The fraction of sp³-hybridized carbons (Fsp3) is 0.625. The fourth-order valence-corrected chi connectivity index (χ4v) is 2.61. The van der Waals surface area contributed by atoms with Crippen molar-refractivity contribution in [3.63, 3.8) is 0 Å². The molecule has 0 bridgehead atoms. The van der Waals surface area contributed by atoms with E-state index in [1.54, 1.807) is 6.07 Å². The normalized spacial score (nSPS) is 12.9. The minimum Gasteiger partial charge on any atom is -0.508 e. The van der Waals surface area contributed by atoms with E-state index in [1.165, 1.54) is 19.3 Å². The van der Waals surface area contributed by atoms with Gasteiger partial charge in [0.15, 0.2) is 0 Å². The van der Waals surface area contributed by atoms with Gasteiger partial charge in [-0.3, -0.25) is 0 Å². The van der Waals surface area contributed by atoms with Crippen molar-refractivity contribution in [2.45, 2.75) is 52.5 Å². The molecule has 2 N–H and O–H groups in total. The molecule has 1 aromatic carbocycles. The quantitative estimate of drug-likeness (QED) is 0.657. The molecular formula is C16H26BrNO. The smallest absolute Gasteiger partial charge is 0.120 e. The molecule has 0 spiro atoms. The summed E-state index contributed by atoms with van der Waals surface area (Å²) in [6, 6.07) is 5.86. The highest BCUT2D eigenvalue weighted by Crippen LogP contribution is 2.29. The number of aromatic hydroxyl groups is 1. The van der Waals surface area contributed by atoms with E-state index in [-0.39, 0.29) is 6.04 Å². The van der Waals surface area contributed by atoms with Crippen molar-refractivity contribution in [2.24, 2.45) is 5.92 Å². The van der Waals surface area contributed by atoms with Crippen molar-refractivity contribution in [3.05, 3.63) is 28.2 Å². The highest BCUT2D eigenvalue weighted by Gasteiger charge is 2.13. The molecule has 1 rings (SSSR count). The van der Waals surface area contributed by atoms with Gasteiger partial charge in [0.25, 0.3) is 0 Å². The summed E-state index contributed by atoms with van der Waals surface area (Å²) < 4.78 is 1.01. The van der Waals surface area contributed by atoms with Gasteiger partial charge in [-0.1, -0.05) is 49.5 Å². The Kier molecular flexibility index (Phi) is 7.47. The fourth-order valence-electron chi connectivity index (χ4n) is 2.23. The van der Waals surface area contributed by atoms with E-state index in [1.807, 2.05) is 12.1 Å². The Labute approximate surface area is 125 Å². The molecule has 0 fully saturated rings. The van der Waals surface area contributed by atoms with Gasteiger partial charge < -0.3 is 10.4 Å². The summed E-state index contributed by atoms with van der Waals surface area (Å²) in [5, 5.41) is 13.5. The lowest BCUT2D eigenvalue weighted by Gasteiger charge is -2.19. The van der Waals surface area contributed by atoms with E-state index in [0.717, 1.165) is 28.9 Å². The van der Waals surface area contributed by atoms with Crippen molar-refractivity contribution >= 4 is 15.9 Å². The zero-order valence-electron chi connectivity index (χ0n) is 12.2. The third kappa shape index (κ3) is 5.96. The van der Waals surface area contributed by atoms with Crippen molar-refractivity contribution in [1.29, 1.82) is 0 Å². The van der Waals surface area contributed by atoms with Gasteiger partial charge in [-0.15, -0.1) is 0 Å². The van der Waals surface area contributed by atoms with Crippen molar-refractivity contribution in [2.75, 3.05) is 6.54 Å². The van der Waals surface area contributed by atoms with Crippen LogP contribution in [-0.4, -0.2) is 11.7 Å². The van der Waals surface area contributed by atoms with Crippen LogP contribution in [0.4, 0.5) is 0 Å². The number of rotatable bonds is 8. The highest BCUT2D eigenvalue weighted by atomic mass is 79.9. The molecule has 1 aromatic rings. The lowest BCUT2D eigenvalue weighted by Crippen LogP contribution is -2.22. The molecule has 0 aliphatic rings. The molecule has 108 valence electrons. The largest absolute Gasteiger partial charge is 0.508 e. The lowest BCUT2D eigenvalue weighted by atomic mass is 10.0. The molecule has 0 amide bonds. The van der Waals surface area contributed by atoms with Gasteiger partial charge in [0.2, 0.25) is 0 Å². The van der Waals surface area contributed by atoms with Crippen LogP contribution in [0.25, 0.3) is 0 Å². The third-order valence-electron chi connectivity index (χ3n) is 3.37. The van der Waals surface area contributed by atoms with Crippen molar-refractivity contribution in [1.82, 2.24) is 5.32 Å². The average molecular weight is 328 g/mol. The second-order valence-electron chi connectivity index (χ2n) is 5.51. The molecule has 0 aromatic heterocycles. The van der Waals surface area contributed by atoms with Crippen LogP contribution in [0.1, 0.15) is 58.1 Å². The average Bonchev–Trinajstić information content (AvgIpc) is 2.37. The summed E-state index contributed by atoms with van der Waals surface area (Å²) in [7, 11) is 0. The van der Waals surface area contributed by atoms with E-state index in [4.69, 9.17) is 0 Å². The molecule has 19 heavy (non-hydrogen) atoms. The number of nitrogens with one attached hydrogen (secondary N) is 1. The van der Waals surface area contributed by atoms with Crippen LogP contribution in [0, 0.1) is 5.92 Å². The lowest BCUT2D eigenvalue weighted by molar-refractivity contribution is 0.434. The minimum absolute atomic E-state index is 0.233. The maximum absolute atomic E-state index is 9.95. The van der Waals surface area contributed by atoms with Crippen LogP contribution in [0.15, 0.2) is 22.7 Å². The zero-order chi connectivity index (χ0) is 14.3. The molecule has 0 heterocycles. The summed E-state index contributed by atoms with van der Waals surface area (Å²) in [5.41, 5.74) is 0.987. The summed E-state index contributed by atoms with van der Waals surface area (Å²) in [6.45, 7) is 7.69. The number of phenols is 1. The SMILES string of the molecule is CCC(NCCCCC(C)C)c1cc(Br)ccc1O. The highest BCUT2D eigenvalue weighted by molar-refractivity contribution is 9.10. The Morgan fingerprint density at radius 3 is 2.63 bits per heavy atom. The predicted molar refractivity (Wildman–Crippen MR) is 85.5 cm³/mol. The Morgan fingerprint density at radius 1 is 1.26 bits per heavy atom. The Balaban J connectivity index is 2.47. The minimum atomic E-state index is 0.233. The summed E-state index contributed by atoms with van der Waals surface area (Å²) >= 11 is 3.46. The van der Waals surface area contributed by atoms with Crippen LogP contribution in [0.2, 0.25) is 0 Å². The van der Waals surface area contributed by atoms with E-state index < -0.39 is 0 Å². The second-order valence-corrected chi connectivity index (χ2v) is 6.42. The number of halogens is 1. The molecule has 0 aliphatic carbocycles. The van der Waals surface area contributed by atoms with Gasteiger partial charge in [0.05, 0.1) is 0 Å². The van der Waals surface area contributed by atoms with E-state index in [0.29, 0.717) is 5.75 Å². The van der Waals surface area contributed by atoms with Crippen LogP contribution < -0.4 is 5.32 Å². The first-order valence-corrected chi connectivity index (χ1v) is 8.05. The topological polar surface area (TPSA) is 32.3 Å². The monoisotopic (exact) mass is 327 g/mol. The van der Waals surface area contributed by atoms with Gasteiger partial charge in [-0.25, -0.2) is 0 Å². The van der Waals surface area contributed by atoms with Gasteiger partial charge in [0.1, 0.15) is 5.75 Å². The Hall–Kier alpha value is -0.540. The number of hydrogen-bond donors (Lipinski definition) is 2. The third-order valence-corrected chi connectivity index (χ3v) is 3.87. The van der Waals surface area contributed by atoms with Crippen LogP contribution in [0.3, 0.4) is 0 Å². The molecule has 0 aliphatic heterocycles. The van der Waals surface area contributed by atoms with Crippen molar-refractivity contribution < 1.29 is 5.11 Å². The Bertz CT molecular complexity index is 379. The maximum atomic E-state index is 9.95. The molecule has 0 radical (unpaired) electrons. The first kappa shape index (κ1) is 16.5. The van der Waals surface area contributed by atoms with Crippen LogP contribution in [0.5, 0.6) is 5.75 Å². The van der Waals surface area contributed by atoms with Crippen LogP contribution in [-0.2, 0) is 0 Å². The molecular weight excluding hydrogens is 302 g/mol. The molecule has 1 unspecified atom stereocenters.